The highest BCUT2D eigenvalue weighted by Crippen LogP contribution is 2.09. The Bertz CT molecular complexity index is 430. The third kappa shape index (κ3) is 7.27. The van der Waals surface area contributed by atoms with Crippen molar-refractivity contribution in [2.45, 2.75) is 19.9 Å². The van der Waals surface area contributed by atoms with E-state index in [4.69, 9.17) is 10.5 Å². The molecule has 0 fully saturated rings. The number of hydrogen-bond acceptors (Lipinski definition) is 6. The van der Waals surface area contributed by atoms with Crippen molar-refractivity contribution in [2.24, 2.45) is 5.73 Å². The molecule has 0 spiro atoms. The van der Waals surface area contributed by atoms with E-state index in [-0.39, 0.29) is 19.2 Å². The first-order valence-corrected chi connectivity index (χ1v) is 9.22. The minimum Gasteiger partial charge on any atom is -0.379 e. The van der Waals surface area contributed by atoms with Crippen LogP contribution < -0.4 is 5.73 Å². The Balaban J connectivity index is 4.68. The Kier molecular flexibility index (Phi) is 7.30. The Morgan fingerprint density at radius 1 is 1.17 bits per heavy atom. The SMILES string of the molecule is CC(C)N(CCOCCN)S(=O)(=O)CS(C)(=O)=O. The topological polar surface area (TPSA) is 107 Å². The van der Waals surface area contributed by atoms with E-state index in [2.05, 4.69) is 0 Å². The predicted octanol–water partition coefficient (Wildman–Crippen LogP) is -0.996. The molecule has 0 aromatic carbocycles. The fourth-order valence-electron chi connectivity index (χ4n) is 1.40. The second-order valence-electron chi connectivity index (χ2n) is 4.26. The predicted molar refractivity (Wildman–Crippen MR) is 70.3 cm³/mol. The maximum atomic E-state index is 11.9. The molecule has 0 radical (unpaired) electrons. The molecule has 7 nitrogen and oxygen atoms in total. The third-order valence-corrected chi connectivity index (χ3v) is 6.24. The monoisotopic (exact) mass is 302 g/mol. The summed E-state index contributed by atoms with van der Waals surface area (Å²) >= 11 is 0. The number of hydrogen-bond donors (Lipinski definition) is 1. The Morgan fingerprint density at radius 2 is 1.72 bits per heavy atom. The maximum absolute atomic E-state index is 11.9. The van der Waals surface area contributed by atoms with Gasteiger partial charge in [0.1, 0.15) is 0 Å². The lowest BCUT2D eigenvalue weighted by Crippen LogP contribution is -2.42. The molecule has 0 aliphatic rings. The molecule has 0 aromatic rings. The molecular formula is C9H22N2O5S2. The molecule has 0 aliphatic heterocycles. The van der Waals surface area contributed by atoms with Gasteiger partial charge in [-0.2, -0.15) is 4.31 Å². The Labute approximate surface area is 109 Å². The van der Waals surface area contributed by atoms with Crippen molar-refractivity contribution in [3.05, 3.63) is 0 Å². The summed E-state index contributed by atoms with van der Waals surface area (Å²) in [6.45, 7) is 4.38. The summed E-state index contributed by atoms with van der Waals surface area (Å²) in [7, 11) is -7.42. The van der Waals surface area contributed by atoms with Gasteiger partial charge in [-0.1, -0.05) is 0 Å². The number of rotatable bonds is 9. The summed E-state index contributed by atoms with van der Waals surface area (Å²) < 4.78 is 52.3. The van der Waals surface area contributed by atoms with Crippen molar-refractivity contribution < 1.29 is 21.6 Å². The van der Waals surface area contributed by atoms with Gasteiger partial charge in [-0.3, -0.25) is 0 Å². The van der Waals surface area contributed by atoms with Gasteiger partial charge in [0.05, 0.1) is 13.2 Å². The lowest BCUT2D eigenvalue weighted by atomic mass is 10.4. The highest BCUT2D eigenvalue weighted by molar-refractivity contribution is 8.06. The summed E-state index contributed by atoms with van der Waals surface area (Å²) in [5.74, 6) is 0. The first-order valence-electron chi connectivity index (χ1n) is 5.55. The normalized spacial score (nSPS) is 13.4. The highest BCUT2D eigenvalue weighted by Gasteiger charge is 2.28. The van der Waals surface area contributed by atoms with Crippen molar-refractivity contribution in [3.63, 3.8) is 0 Å². The minimum absolute atomic E-state index is 0.121. The standard InChI is InChI=1S/C9H22N2O5S2/c1-9(2)11(5-7-16-6-4-10)18(14,15)8-17(3,12)13/h9H,4-8,10H2,1-3H3. The number of sulfone groups is 1. The number of nitrogens with zero attached hydrogens (tertiary/aromatic N) is 1. The molecule has 9 heteroatoms. The molecule has 18 heavy (non-hydrogen) atoms. The van der Waals surface area contributed by atoms with Crippen LogP contribution in [0.4, 0.5) is 0 Å². The van der Waals surface area contributed by atoms with Crippen LogP contribution in [-0.4, -0.2) is 64.8 Å². The van der Waals surface area contributed by atoms with Crippen molar-refractivity contribution in [1.82, 2.24) is 4.31 Å². The number of nitrogens with two attached hydrogens (primary N) is 1. The van der Waals surface area contributed by atoms with Crippen LogP contribution in [0, 0.1) is 0 Å². The van der Waals surface area contributed by atoms with E-state index in [9.17, 15) is 16.8 Å². The Hall–Kier alpha value is -0.220. The zero-order valence-corrected chi connectivity index (χ0v) is 12.6. The lowest BCUT2D eigenvalue weighted by Gasteiger charge is -2.25. The van der Waals surface area contributed by atoms with Gasteiger partial charge in [0, 0.05) is 25.4 Å². The van der Waals surface area contributed by atoms with Gasteiger partial charge in [-0.15, -0.1) is 0 Å². The van der Waals surface area contributed by atoms with E-state index in [0.29, 0.717) is 13.2 Å². The molecule has 0 saturated heterocycles. The molecule has 110 valence electrons. The molecule has 0 atom stereocenters. The zero-order chi connectivity index (χ0) is 14.4. The van der Waals surface area contributed by atoms with E-state index in [0.717, 1.165) is 10.6 Å². The maximum Gasteiger partial charge on any atom is 0.228 e. The second-order valence-corrected chi connectivity index (χ2v) is 8.69. The van der Waals surface area contributed by atoms with E-state index in [1.54, 1.807) is 13.8 Å². The van der Waals surface area contributed by atoms with Crippen LogP contribution in [0.2, 0.25) is 0 Å². The molecule has 0 aliphatic carbocycles. The summed E-state index contributed by atoms with van der Waals surface area (Å²) in [6, 6.07) is -0.321. The van der Waals surface area contributed by atoms with Gasteiger partial charge in [0.15, 0.2) is 14.9 Å². The molecule has 0 amide bonds. The van der Waals surface area contributed by atoms with Gasteiger partial charge >= 0.3 is 0 Å². The molecule has 0 heterocycles. The molecule has 0 bridgehead atoms. The smallest absolute Gasteiger partial charge is 0.228 e. The number of sulfonamides is 1. The van der Waals surface area contributed by atoms with Crippen LogP contribution in [0.1, 0.15) is 13.8 Å². The fourth-order valence-corrected chi connectivity index (χ4v) is 5.10. The summed E-state index contributed by atoms with van der Waals surface area (Å²) in [4.78, 5) is 0. The van der Waals surface area contributed by atoms with Gasteiger partial charge in [0.2, 0.25) is 10.0 Å². The second kappa shape index (κ2) is 7.39. The average molecular weight is 302 g/mol. The summed E-state index contributed by atoms with van der Waals surface area (Å²) in [5, 5.41) is -0.880. The van der Waals surface area contributed by atoms with E-state index in [1.807, 2.05) is 0 Å². The van der Waals surface area contributed by atoms with E-state index >= 15 is 0 Å². The fraction of sp³-hybridized carbons (Fsp3) is 1.00. The van der Waals surface area contributed by atoms with Gasteiger partial charge < -0.3 is 10.5 Å². The van der Waals surface area contributed by atoms with Crippen LogP contribution in [0.25, 0.3) is 0 Å². The van der Waals surface area contributed by atoms with Crippen molar-refractivity contribution in [1.29, 1.82) is 0 Å². The van der Waals surface area contributed by atoms with Crippen LogP contribution >= 0.6 is 0 Å². The van der Waals surface area contributed by atoms with Crippen LogP contribution in [0.15, 0.2) is 0 Å². The number of ether oxygens (including phenoxy) is 1. The van der Waals surface area contributed by atoms with Crippen LogP contribution in [0.3, 0.4) is 0 Å². The molecule has 2 N–H and O–H groups in total. The van der Waals surface area contributed by atoms with Crippen LogP contribution in [0.5, 0.6) is 0 Å². The summed E-state index contributed by atoms with van der Waals surface area (Å²) in [6.07, 6.45) is 0.897. The Morgan fingerprint density at radius 3 is 2.11 bits per heavy atom. The quantitative estimate of drug-likeness (QED) is 0.548. The minimum atomic E-state index is -3.83. The molecule has 0 saturated carbocycles. The third-order valence-electron chi connectivity index (χ3n) is 2.01. The summed E-state index contributed by atoms with van der Waals surface area (Å²) in [5.41, 5.74) is 5.24. The molecule has 0 unspecified atom stereocenters. The highest BCUT2D eigenvalue weighted by atomic mass is 32.3. The van der Waals surface area contributed by atoms with Gasteiger partial charge in [0.25, 0.3) is 0 Å². The van der Waals surface area contributed by atoms with Gasteiger partial charge in [-0.25, -0.2) is 16.8 Å². The first-order chi connectivity index (χ1) is 8.10. The van der Waals surface area contributed by atoms with E-state index in [1.165, 1.54) is 0 Å². The molecule has 0 rings (SSSR count). The lowest BCUT2D eigenvalue weighted by molar-refractivity contribution is 0.124. The van der Waals surface area contributed by atoms with Crippen molar-refractivity contribution >= 4 is 19.9 Å². The van der Waals surface area contributed by atoms with Crippen molar-refractivity contribution in [2.75, 3.05) is 37.6 Å². The average Bonchev–Trinajstić information content (AvgIpc) is 2.12. The first kappa shape index (κ1) is 17.8. The van der Waals surface area contributed by atoms with Crippen LogP contribution in [-0.2, 0) is 24.6 Å². The molecule has 0 aromatic heterocycles. The van der Waals surface area contributed by atoms with Gasteiger partial charge in [-0.05, 0) is 13.8 Å². The molecular weight excluding hydrogens is 280 g/mol. The van der Waals surface area contributed by atoms with Crippen molar-refractivity contribution in [3.8, 4) is 0 Å². The zero-order valence-electron chi connectivity index (χ0n) is 11.0. The largest absolute Gasteiger partial charge is 0.379 e. The van der Waals surface area contributed by atoms with E-state index < -0.39 is 24.9 Å².